The van der Waals surface area contributed by atoms with Crippen LogP contribution in [0.5, 0.6) is 0 Å². The third-order valence-corrected chi connectivity index (χ3v) is 8.85. The summed E-state index contributed by atoms with van der Waals surface area (Å²) in [5.41, 5.74) is 2.85. The first-order chi connectivity index (χ1) is 25.0. The van der Waals surface area contributed by atoms with Crippen LogP contribution in [-0.2, 0) is 38.6 Å². The number of nitrogens with one attached hydrogen (secondary N) is 5. The summed E-state index contributed by atoms with van der Waals surface area (Å²) in [5, 5.41) is 23.3. The SMILES string of the molecule is CCC(C)CNC(=O)C[C@H](O)[C@H](CC(C)C)NC(=O)[C@H](Cc1cnc[nH]1)NC(=O)[C@H](Cc1cccc2ncccc12)NC(=O)OCc1ccccc1. The van der Waals surface area contributed by atoms with Crippen LogP contribution in [0.2, 0.25) is 0 Å². The van der Waals surface area contributed by atoms with Crippen molar-refractivity contribution in [1.82, 2.24) is 36.2 Å². The van der Waals surface area contributed by atoms with Crippen molar-refractivity contribution in [2.45, 2.75) is 90.6 Å². The fraction of sp³-hybridized carbons (Fsp3) is 0.436. The van der Waals surface area contributed by atoms with Crippen molar-refractivity contribution >= 4 is 34.7 Å². The van der Waals surface area contributed by atoms with Crippen molar-refractivity contribution in [2.75, 3.05) is 6.54 Å². The summed E-state index contributed by atoms with van der Waals surface area (Å²) < 4.78 is 5.46. The summed E-state index contributed by atoms with van der Waals surface area (Å²) in [7, 11) is 0. The van der Waals surface area contributed by atoms with E-state index in [2.05, 4.69) is 36.2 Å². The maximum absolute atomic E-state index is 14.1. The minimum Gasteiger partial charge on any atom is -0.445 e. The van der Waals surface area contributed by atoms with Gasteiger partial charge in [-0.3, -0.25) is 19.4 Å². The fourth-order valence-corrected chi connectivity index (χ4v) is 5.72. The van der Waals surface area contributed by atoms with Gasteiger partial charge < -0.3 is 36.1 Å². The Labute approximate surface area is 304 Å². The Balaban J connectivity index is 1.54. The number of ether oxygens (including phenoxy) is 1. The molecule has 4 amide bonds. The van der Waals surface area contributed by atoms with Crippen LogP contribution in [0.25, 0.3) is 10.9 Å². The van der Waals surface area contributed by atoms with Gasteiger partial charge in [0.2, 0.25) is 17.7 Å². The molecule has 0 spiro atoms. The molecule has 0 bridgehead atoms. The molecule has 1 unspecified atom stereocenters. The van der Waals surface area contributed by atoms with Crippen LogP contribution in [0, 0.1) is 11.8 Å². The maximum Gasteiger partial charge on any atom is 0.408 e. The van der Waals surface area contributed by atoms with Crippen molar-refractivity contribution in [3.05, 3.63) is 96.2 Å². The molecule has 0 saturated carbocycles. The standard InChI is InChI=1S/C39H51N7O6/c1-5-26(4)21-42-36(48)20-35(47)32(17-25(2)3)44-38(50)34(19-29-22-40-24-43-29)45-37(49)33(46-39(51)52-23-27-11-7-6-8-12-27)18-28-13-9-15-31-30(28)14-10-16-41-31/h6-16,22,24-26,32-35,47H,5,17-21,23H2,1-4H3,(H,40,43)(H,42,48)(H,44,50)(H,45,49)(H,46,51)/t26?,32-,33-,34-,35-/m0/s1. The number of hydrogen-bond acceptors (Lipinski definition) is 8. The van der Waals surface area contributed by atoms with Crippen LogP contribution >= 0.6 is 0 Å². The van der Waals surface area contributed by atoms with Crippen LogP contribution in [0.1, 0.15) is 63.8 Å². The summed E-state index contributed by atoms with van der Waals surface area (Å²) in [6.07, 6.45) is 3.95. The predicted molar refractivity (Wildman–Crippen MR) is 198 cm³/mol. The van der Waals surface area contributed by atoms with Gasteiger partial charge in [-0.15, -0.1) is 0 Å². The van der Waals surface area contributed by atoms with Gasteiger partial charge in [0.05, 0.1) is 30.4 Å². The molecular weight excluding hydrogens is 662 g/mol. The highest BCUT2D eigenvalue weighted by Gasteiger charge is 2.32. The lowest BCUT2D eigenvalue weighted by molar-refractivity contribution is -0.131. The van der Waals surface area contributed by atoms with Crippen molar-refractivity contribution in [3.8, 4) is 0 Å². The Morgan fingerprint density at radius 2 is 1.63 bits per heavy atom. The second kappa shape index (κ2) is 19.9. The Hall–Kier alpha value is -5.30. The number of rotatable bonds is 19. The largest absolute Gasteiger partial charge is 0.445 e. The van der Waals surface area contributed by atoms with Crippen LogP contribution in [0.15, 0.2) is 79.4 Å². The zero-order valence-corrected chi connectivity index (χ0v) is 30.3. The van der Waals surface area contributed by atoms with Gasteiger partial charge in [-0.2, -0.15) is 0 Å². The number of fused-ring (bicyclic) bond motifs is 1. The van der Waals surface area contributed by atoms with E-state index in [1.54, 1.807) is 18.5 Å². The third-order valence-electron chi connectivity index (χ3n) is 8.85. The normalized spacial score (nSPS) is 14.1. The fourth-order valence-electron chi connectivity index (χ4n) is 5.72. The minimum atomic E-state index is -1.17. The molecule has 4 rings (SSSR count). The van der Waals surface area contributed by atoms with E-state index in [0.717, 1.165) is 28.5 Å². The van der Waals surface area contributed by atoms with Gasteiger partial charge in [0, 0.05) is 42.9 Å². The molecule has 6 N–H and O–H groups in total. The van der Waals surface area contributed by atoms with Gasteiger partial charge in [0.1, 0.15) is 18.7 Å². The first-order valence-corrected chi connectivity index (χ1v) is 17.8. The van der Waals surface area contributed by atoms with Crippen LogP contribution in [0.3, 0.4) is 0 Å². The van der Waals surface area contributed by atoms with Crippen LogP contribution in [0.4, 0.5) is 4.79 Å². The molecule has 2 heterocycles. The lowest BCUT2D eigenvalue weighted by Crippen LogP contribution is -2.57. The van der Waals surface area contributed by atoms with Crippen molar-refractivity contribution in [2.24, 2.45) is 11.8 Å². The zero-order chi connectivity index (χ0) is 37.5. The Kier molecular flexibility index (Phi) is 15.1. The van der Waals surface area contributed by atoms with Gasteiger partial charge in [-0.25, -0.2) is 9.78 Å². The first-order valence-electron chi connectivity index (χ1n) is 17.8. The first kappa shape index (κ1) is 39.5. The lowest BCUT2D eigenvalue weighted by atomic mass is 9.96. The van der Waals surface area contributed by atoms with Gasteiger partial charge in [-0.1, -0.05) is 82.6 Å². The zero-order valence-electron chi connectivity index (χ0n) is 30.3. The molecule has 0 saturated heterocycles. The summed E-state index contributed by atoms with van der Waals surface area (Å²) in [5.74, 6) is -1.13. The molecular formula is C39H51N7O6. The molecule has 4 aromatic rings. The van der Waals surface area contributed by atoms with E-state index < -0.39 is 42.1 Å². The highest BCUT2D eigenvalue weighted by atomic mass is 16.5. The number of imidazole rings is 1. The molecule has 0 radical (unpaired) electrons. The molecule has 2 aromatic heterocycles. The summed E-state index contributed by atoms with van der Waals surface area (Å²) in [6, 6.07) is 15.3. The van der Waals surface area contributed by atoms with Crippen LogP contribution < -0.4 is 21.3 Å². The predicted octanol–water partition coefficient (Wildman–Crippen LogP) is 3.97. The van der Waals surface area contributed by atoms with E-state index >= 15 is 0 Å². The van der Waals surface area contributed by atoms with Crippen molar-refractivity contribution < 1.29 is 29.0 Å². The van der Waals surface area contributed by atoms with E-state index in [4.69, 9.17) is 4.74 Å². The number of aromatic amines is 1. The van der Waals surface area contributed by atoms with Gasteiger partial charge in [0.25, 0.3) is 0 Å². The molecule has 52 heavy (non-hydrogen) atoms. The monoisotopic (exact) mass is 713 g/mol. The van der Waals surface area contributed by atoms with Crippen LogP contribution in [-0.4, -0.2) is 74.6 Å². The number of hydrogen-bond donors (Lipinski definition) is 6. The number of aromatic nitrogens is 3. The molecule has 0 aliphatic rings. The molecule has 0 aliphatic heterocycles. The highest BCUT2D eigenvalue weighted by molar-refractivity contribution is 5.92. The number of amides is 4. The molecule has 0 aliphatic carbocycles. The number of pyridine rings is 1. The topological polar surface area (TPSA) is 187 Å². The smallest absolute Gasteiger partial charge is 0.408 e. The molecule has 0 fully saturated rings. The number of H-pyrrole nitrogens is 1. The van der Waals surface area contributed by atoms with E-state index in [0.29, 0.717) is 24.6 Å². The number of carbonyl (C=O) groups is 4. The molecule has 278 valence electrons. The number of nitrogens with zero attached hydrogens (tertiary/aromatic N) is 2. The average molecular weight is 714 g/mol. The average Bonchev–Trinajstić information content (AvgIpc) is 3.65. The summed E-state index contributed by atoms with van der Waals surface area (Å²) in [6.45, 7) is 8.46. The molecule has 2 aromatic carbocycles. The maximum atomic E-state index is 14.1. The van der Waals surface area contributed by atoms with E-state index in [1.807, 2.05) is 82.3 Å². The quantitative estimate of drug-likeness (QED) is 0.0843. The molecule has 13 nitrogen and oxygen atoms in total. The van der Waals surface area contributed by atoms with Crippen molar-refractivity contribution in [1.29, 1.82) is 0 Å². The number of carbonyl (C=O) groups excluding carboxylic acids is 4. The Bertz CT molecular complexity index is 1730. The van der Waals surface area contributed by atoms with Gasteiger partial charge in [-0.05, 0) is 41.5 Å². The Morgan fingerprint density at radius 3 is 2.35 bits per heavy atom. The van der Waals surface area contributed by atoms with Gasteiger partial charge in [0.15, 0.2) is 0 Å². The lowest BCUT2D eigenvalue weighted by Gasteiger charge is -2.29. The summed E-state index contributed by atoms with van der Waals surface area (Å²) in [4.78, 5) is 65.3. The number of alkyl carbamates (subject to hydrolysis) is 1. The minimum absolute atomic E-state index is 0.000721. The second-order valence-corrected chi connectivity index (χ2v) is 13.6. The number of aliphatic hydroxyl groups excluding tert-OH is 1. The molecule has 13 heteroatoms. The van der Waals surface area contributed by atoms with Crippen molar-refractivity contribution in [3.63, 3.8) is 0 Å². The van der Waals surface area contributed by atoms with E-state index in [9.17, 15) is 24.3 Å². The van der Waals surface area contributed by atoms with E-state index in [-0.39, 0.29) is 37.7 Å². The third kappa shape index (κ3) is 12.5. The molecule has 5 atom stereocenters. The Morgan fingerprint density at radius 1 is 0.885 bits per heavy atom. The second-order valence-electron chi connectivity index (χ2n) is 13.6. The summed E-state index contributed by atoms with van der Waals surface area (Å²) >= 11 is 0. The van der Waals surface area contributed by atoms with E-state index in [1.165, 1.54) is 6.33 Å². The number of benzene rings is 2. The number of aliphatic hydroxyl groups is 1. The van der Waals surface area contributed by atoms with Gasteiger partial charge >= 0.3 is 6.09 Å². The highest BCUT2D eigenvalue weighted by Crippen LogP contribution is 2.19.